The summed E-state index contributed by atoms with van der Waals surface area (Å²) >= 11 is 1.78. The van der Waals surface area contributed by atoms with Crippen LogP contribution in [-0.2, 0) is 13.1 Å². The van der Waals surface area contributed by atoms with Crippen molar-refractivity contribution in [3.8, 4) is 0 Å². The normalized spacial score (nSPS) is 10.9. The first-order chi connectivity index (χ1) is 9.19. The van der Waals surface area contributed by atoms with Gasteiger partial charge in [-0.2, -0.15) is 0 Å². The maximum absolute atomic E-state index is 9.06. The number of hydrogen-bond donors (Lipinski definition) is 2. The highest BCUT2D eigenvalue weighted by molar-refractivity contribution is 7.09. The molecule has 0 spiro atoms. The maximum atomic E-state index is 9.06. The summed E-state index contributed by atoms with van der Waals surface area (Å²) in [6, 6.07) is 11.7. The average Bonchev–Trinajstić information content (AvgIpc) is 2.91. The van der Waals surface area contributed by atoms with E-state index < -0.39 is 7.12 Å². The quantitative estimate of drug-likeness (QED) is 0.784. The average molecular weight is 275 g/mol. The van der Waals surface area contributed by atoms with Crippen molar-refractivity contribution in [1.29, 1.82) is 0 Å². The molecule has 0 amide bonds. The van der Waals surface area contributed by atoms with Crippen LogP contribution in [0.25, 0.3) is 0 Å². The van der Waals surface area contributed by atoms with E-state index in [1.807, 2.05) is 12.1 Å². The second-order valence-corrected chi connectivity index (χ2v) is 5.53. The smallest absolute Gasteiger partial charge is 0.423 e. The van der Waals surface area contributed by atoms with Crippen LogP contribution >= 0.6 is 11.3 Å². The highest BCUT2D eigenvalue weighted by Gasteiger charge is 2.11. The Kier molecular flexibility index (Phi) is 5.16. The van der Waals surface area contributed by atoms with E-state index in [9.17, 15) is 0 Å². The molecule has 2 rings (SSSR count). The molecule has 1 heterocycles. The lowest BCUT2D eigenvalue weighted by atomic mass is 9.80. The molecule has 0 fully saturated rings. The third kappa shape index (κ3) is 4.18. The zero-order valence-electron chi connectivity index (χ0n) is 11.0. The lowest BCUT2D eigenvalue weighted by Crippen LogP contribution is -2.29. The van der Waals surface area contributed by atoms with E-state index in [2.05, 4.69) is 29.3 Å². The van der Waals surface area contributed by atoms with Crippen LogP contribution in [-0.4, -0.2) is 28.6 Å². The molecule has 1 aromatic carbocycles. The van der Waals surface area contributed by atoms with Gasteiger partial charge in [-0.05, 0) is 29.0 Å². The third-order valence-electron chi connectivity index (χ3n) is 3.09. The first kappa shape index (κ1) is 14.3. The van der Waals surface area contributed by atoms with E-state index in [1.54, 1.807) is 23.5 Å². The Hall–Kier alpha value is -1.14. The molecule has 1 aromatic heterocycles. The molecular weight excluding hydrogens is 257 g/mol. The van der Waals surface area contributed by atoms with Gasteiger partial charge in [-0.15, -0.1) is 11.3 Å². The molecule has 2 N–H and O–H groups in total. The van der Waals surface area contributed by atoms with Crippen LogP contribution in [0, 0.1) is 0 Å². The van der Waals surface area contributed by atoms with Gasteiger partial charge >= 0.3 is 7.12 Å². The fourth-order valence-corrected chi connectivity index (χ4v) is 2.70. The van der Waals surface area contributed by atoms with E-state index >= 15 is 0 Å². The minimum atomic E-state index is -1.39. The molecule has 0 saturated heterocycles. The van der Waals surface area contributed by atoms with Crippen LogP contribution in [0.15, 0.2) is 41.8 Å². The molecule has 0 atom stereocenters. The molecule has 0 saturated carbocycles. The minimum Gasteiger partial charge on any atom is -0.423 e. The second kappa shape index (κ2) is 6.87. The largest absolute Gasteiger partial charge is 0.488 e. The number of nitrogens with zero attached hydrogens (tertiary/aromatic N) is 1. The van der Waals surface area contributed by atoms with Crippen molar-refractivity contribution in [2.75, 3.05) is 6.54 Å². The van der Waals surface area contributed by atoms with Crippen molar-refractivity contribution in [2.45, 2.75) is 20.0 Å². The summed E-state index contributed by atoms with van der Waals surface area (Å²) in [6.07, 6.45) is 0. The Morgan fingerprint density at radius 2 is 1.84 bits per heavy atom. The third-order valence-corrected chi connectivity index (χ3v) is 3.95. The maximum Gasteiger partial charge on any atom is 0.488 e. The van der Waals surface area contributed by atoms with Gasteiger partial charge in [0.15, 0.2) is 0 Å². The molecule has 0 aliphatic carbocycles. The molecular formula is C14H18BNO2S. The van der Waals surface area contributed by atoms with Gasteiger partial charge < -0.3 is 10.0 Å². The molecule has 3 nitrogen and oxygen atoms in total. The number of benzene rings is 1. The Morgan fingerprint density at radius 3 is 2.37 bits per heavy atom. The summed E-state index contributed by atoms with van der Waals surface area (Å²) < 4.78 is 0. The molecule has 5 heteroatoms. The molecule has 0 aliphatic rings. The molecule has 100 valence electrons. The van der Waals surface area contributed by atoms with Crippen LogP contribution in [0.1, 0.15) is 17.4 Å². The van der Waals surface area contributed by atoms with Gasteiger partial charge in [0.25, 0.3) is 0 Å². The van der Waals surface area contributed by atoms with E-state index in [4.69, 9.17) is 10.0 Å². The second-order valence-electron chi connectivity index (χ2n) is 4.50. The van der Waals surface area contributed by atoms with Crippen molar-refractivity contribution in [2.24, 2.45) is 0 Å². The van der Waals surface area contributed by atoms with Crippen LogP contribution in [0.4, 0.5) is 0 Å². The predicted octanol–water partition coefficient (Wildman–Crippen LogP) is 1.45. The van der Waals surface area contributed by atoms with E-state index in [1.165, 1.54) is 10.4 Å². The van der Waals surface area contributed by atoms with Gasteiger partial charge in [0.05, 0.1) is 0 Å². The van der Waals surface area contributed by atoms with Crippen molar-refractivity contribution >= 4 is 23.9 Å². The van der Waals surface area contributed by atoms with Gasteiger partial charge in [0.2, 0.25) is 0 Å². The molecule has 0 aliphatic heterocycles. The number of thiophene rings is 1. The fourth-order valence-electron chi connectivity index (χ4n) is 1.96. The van der Waals surface area contributed by atoms with Crippen LogP contribution < -0.4 is 5.46 Å². The van der Waals surface area contributed by atoms with Crippen molar-refractivity contribution in [3.63, 3.8) is 0 Å². The predicted molar refractivity (Wildman–Crippen MR) is 80.4 cm³/mol. The van der Waals surface area contributed by atoms with E-state index in [0.717, 1.165) is 19.6 Å². The SMILES string of the molecule is CCN(Cc1ccc(B(O)O)cc1)Cc1cccs1. The summed E-state index contributed by atoms with van der Waals surface area (Å²) in [4.78, 5) is 3.72. The van der Waals surface area contributed by atoms with Gasteiger partial charge in [-0.3, -0.25) is 4.90 Å². The molecule has 0 radical (unpaired) electrons. The van der Waals surface area contributed by atoms with E-state index in [-0.39, 0.29) is 0 Å². The minimum absolute atomic E-state index is 0.532. The van der Waals surface area contributed by atoms with Gasteiger partial charge in [-0.1, -0.05) is 37.3 Å². The van der Waals surface area contributed by atoms with E-state index in [0.29, 0.717) is 5.46 Å². The van der Waals surface area contributed by atoms with Gasteiger partial charge in [-0.25, -0.2) is 0 Å². The van der Waals surface area contributed by atoms with Crippen LogP contribution in [0.5, 0.6) is 0 Å². The Balaban J connectivity index is 1.97. The first-order valence-corrected chi connectivity index (χ1v) is 7.26. The highest BCUT2D eigenvalue weighted by Crippen LogP contribution is 2.13. The lowest BCUT2D eigenvalue weighted by molar-refractivity contribution is 0.274. The number of hydrogen-bond acceptors (Lipinski definition) is 4. The van der Waals surface area contributed by atoms with Crippen molar-refractivity contribution in [3.05, 3.63) is 52.2 Å². The molecule has 0 unspecified atom stereocenters. The molecule has 2 aromatic rings. The Morgan fingerprint density at radius 1 is 1.11 bits per heavy atom. The van der Waals surface area contributed by atoms with Crippen molar-refractivity contribution < 1.29 is 10.0 Å². The first-order valence-electron chi connectivity index (χ1n) is 6.38. The summed E-state index contributed by atoms with van der Waals surface area (Å²) in [5.74, 6) is 0. The zero-order valence-corrected chi connectivity index (χ0v) is 11.8. The highest BCUT2D eigenvalue weighted by atomic mass is 32.1. The summed E-state index contributed by atoms with van der Waals surface area (Å²) in [5, 5.41) is 20.2. The Labute approximate surface area is 118 Å². The molecule has 19 heavy (non-hydrogen) atoms. The molecule has 0 bridgehead atoms. The summed E-state index contributed by atoms with van der Waals surface area (Å²) in [5.41, 5.74) is 1.72. The standard InChI is InChI=1S/C14H18BNO2S/c1-2-16(11-14-4-3-9-19-14)10-12-5-7-13(8-6-12)15(17)18/h3-9,17-18H,2,10-11H2,1H3. The van der Waals surface area contributed by atoms with Crippen LogP contribution in [0.2, 0.25) is 0 Å². The summed E-state index contributed by atoms with van der Waals surface area (Å²) in [7, 11) is -1.39. The number of rotatable bonds is 6. The van der Waals surface area contributed by atoms with Crippen LogP contribution in [0.3, 0.4) is 0 Å². The topological polar surface area (TPSA) is 43.7 Å². The zero-order chi connectivity index (χ0) is 13.7. The lowest BCUT2D eigenvalue weighted by Gasteiger charge is -2.19. The monoisotopic (exact) mass is 275 g/mol. The fraction of sp³-hybridized carbons (Fsp3) is 0.286. The Bertz CT molecular complexity index is 485. The van der Waals surface area contributed by atoms with Crippen molar-refractivity contribution in [1.82, 2.24) is 4.90 Å². The van der Waals surface area contributed by atoms with Gasteiger partial charge in [0, 0.05) is 18.0 Å². The van der Waals surface area contributed by atoms with Gasteiger partial charge in [0.1, 0.15) is 0 Å². The summed E-state index contributed by atoms with van der Waals surface area (Å²) in [6.45, 7) is 4.97.